The lowest BCUT2D eigenvalue weighted by Crippen LogP contribution is -2.08. The molecule has 3 aromatic rings. The van der Waals surface area contributed by atoms with Crippen molar-refractivity contribution < 1.29 is 9.47 Å². The molecule has 4 rings (SSSR count). The van der Waals surface area contributed by atoms with Crippen LogP contribution >= 0.6 is 0 Å². The highest BCUT2D eigenvalue weighted by Crippen LogP contribution is 2.28. The van der Waals surface area contributed by atoms with Gasteiger partial charge in [-0.05, 0) is 31.5 Å². The zero-order valence-electron chi connectivity index (χ0n) is 13.9. The summed E-state index contributed by atoms with van der Waals surface area (Å²) in [4.78, 5) is 8.64. The SMILES string of the molecule is Cc1nc(N)ccc1Oc1ccnc(-c2cnn([C@@H]3CCOC3)c2)c1. The normalized spacial score (nSPS) is 16.9. The molecule has 0 amide bonds. The Hall–Kier alpha value is -2.93. The van der Waals surface area contributed by atoms with Gasteiger partial charge in [0.15, 0.2) is 0 Å². The predicted molar refractivity (Wildman–Crippen MR) is 93.4 cm³/mol. The van der Waals surface area contributed by atoms with Gasteiger partial charge in [0.25, 0.3) is 0 Å². The molecular formula is C18H19N5O2. The number of rotatable bonds is 4. The van der Waals surface area contributed by atoms with Crippen molar-refractivity contribution in [2.45, 2.75) is 19.4 Å². The number of aromatic nitrogens is 4. The molecule has 128 valence electrons. The van der Waals surface area contributed by atoms with Crippen molar-refractivity contribution in [3.8, 4) is 22.8 Å². The monoisotopic (exact) mass is 337 g/mol. The fourth-order valence-electron chi connectivity index (χ4n) is 2.84. The summed E-state index contributed by atoms with van der Waals surface area (Å²) >= 11 is 0. The summed E-state index contributed by atoms with van der Waals surface area (Å²) in [5.41, 5.74) is 8.18. The summed E-state index contributed by atoms with van der Waals surface area (Å²) in [6, 6.07) is 7.54. The highest BCUT2D eigenvalue weighted by atomic mass is 16.5. The number of nitrogens with two attached hydrogens (primary N) is 1. The fraction of sp³-hybridized carbons (Fsp3) is 0.278. The summed E-state index contributed by atoms with van der Waals surface area (Å²) in [5, 5.41) is 4.44. The zero-order chi connectivity index (χ0) is 17.2. The van der Waals surface area contributed by atoms with Crippen LogP contribution in [0, 0.1) is 6.92 Å². The van der Waals surface area contributed by atoms with E-state index in [-0.39, 0.29) is 0 Å². The van der Waals surface area contributed by atoms with E-state index in [1.807, 2.05) is 42.2 Å². The Morgan fingerprint density at radius 2 is 2.24 bits per heavy atom. The quantitative estimate of drug-likeness (QED) is 0.787. The molecule has 0 bridgehead atoms. The smallest absolute Gasteiger partial charge is 0.148 e. The van der Waals surface area contributed by atoms with E-state index in [2.05, 4.69) is 15.1 Å². The third kappa shape index (κ3) is 3.32. The van der Waals surface area contributed by atoms with Crippen LogP contribution in [0.5, 0.6) is 11.5 Å². The maximum absolute atomic E-state index is 5.93. The van der Waals surface area contributed by atoms with Crippen molar-refractivity contribution in [3.63, 3.8) is 0 Å². The minimum absolute atomic E-state index is 0.302. The highest BCUT2D eigenvalue weighted by molar-refractivity contribution is 5.59. The van der Waals surface area contributed by atoms with Crippen molar-refractivity contribution in [1.29, 1.82) is 0 Å². The molecule has 0 spiro atoms. The van der Waals surface area contributed by atoms with E-state index >= 15 is 0 Å². The second-order valence-corrected chi connectivity index (χ2v) is 6.02. The molecule has 0 unspecified atom stereocenters. The van der Waals surface area contributed by atoms with E-state index in [9.17, 15) is 0 Å². The fourth-order valence-corrected chi connectivity index (χ4v) is 2.84. The van der Waals surface area contributed by atoms with Gasteiger partial charge in [-0.2, -0.15) is 5.10 Å². The van der Waals surface area contributed by atoms with E-state index in [1.54, 1.807) is 12.3 Å². The van der Waals surface area contributed by atoms with Gasteiger partial charge in [0.05, 0.1) is 30.2 Å². The molecule has 0 aliphatic carbocycles. The van der Waals surface area contributed by atoms with E-state index < -0.39 is 0 Å². The van der Waals surface area contributed by atoms with E-state index in [4.69, 9.17) is 15.2 Å². The average Bonchev–Trinajstić information content (AvgIpc) is 3.28. The van der Waals surface area contributed by atoms with Gasteiger partial charge >= 0.3 is 0 Å². The highest BCUT2D eigenvalue weighted by Gasteiger charge is 2.18. The largest absolute Gasteiger partial charge is 0.455 e. The molecule has 3 aromatic heterocycles. The van der Waals surface area contributed by atoms with Crippen molar-refractivity contribution in [2.24, 2.45) is 0 Å². The zero-order valence-corrected chi connectivity index (χ0v) is 13.9. The first-order chi connectivity index (χ1) is 12.2. The molecule has 1 saturated heterocycles. The van der Waals surface area contributed by atoms with Gasteiger partial charge in [0.1, 0.15) is 17.3 Å². The van der Waals surface area contributed by atoms with Crippen LogP contribution in [0.15, 0.2) is 42.9 Å². The first kappa shape index (κ1) is 15.6. The van der Waals surface area contributed by atoms with Gasteiger partial charge in [0.2, 0.25) is 0 Å². The second-order valence-electron chi connectivity index (χ2n) is 6.02. The first-order valence-corrected chi connectivity index (χ1v) is 8.18. The number of pyridine rings is 2. The summed E-state index contributed by atoms with van der Waals surface area (Å²) in [7, 11) is 0. The molecule has 1 fully saturated rings. The Labute approximate surface area is 145 Å². The molecule has 1 aliphatic rings. The molecule has 0 radical (unpaired) electrons. The summed E-state index contributed by atoms with van der Waals surface area (Å²) in [5.74, 6) is 1.84. The maximum atomic E-state index is 5.93. The standard InChI is InChI=1S/C18H19N5O2/c1-12-17(2-3-18(19)22-12)25-15-4-6-20-16(8-15)13-9-21-23(10-13)14-5-7-24-11-14/h2-4,6,8-10,14H,5,7,11H2,1H3,(H2,19,22)/t14-/m1/s1. The molecular weight excluding hydrogens is 318 g/mol. The van der Waals surface area contributed by atoms with Crippen molar-refractivity contribution in [2.75, 3.05) is 18.9 Å². The van der Waals surface area contributed by atoms with Gasteiger partial charge in [-0.3, -0.25) is 9.67 Å². The molecule has 1 atom stereocenters. The minimum atomic E-state index is 0.302. The number of nitrogen functional groups attached to an aromatic ring is 1. The van der Waals surface area contributed by atoms with Crippen LogP contribution in [-0.2, 0) is 4.74 Å². The van der Waals surface area contributed by atoms with Gasteiger partial charge in [-0.1, -0.05) is 0 Å². The molecule has 1 aliphatic heterocycles. The van der Waals surface area contributed by atoms with Crippen LogP contribution in [0.3, 0.4) is 0 Å². The molecule has 7 heteroatoms. The maximum Gasteiger partial charge on any atom is 0.148 e. The average molecular weight is 337 g/mol. The van der Waals surface area contributed by atoms with Gasteiger partial charge in [-0.15, -0.1) is 0 Å². The number of anilines is 1. The molecule has 2 N–H and O–H groups in total. The lowest BCUT2D eigenvalue weighted by molar-refractivity contribution is 0.184. The first-order valence-electron chi connectivity index (χ1n) is 8.18. The van der Waals surface area contributed by atoms with Gasteiger partial charge in [0, 0.05) is 30.6 Å². The summed E-state index contributed by atoms with van der Waals surface area (Å²) in [6.07, 6.45) is 6.53. The number of aryl methyl sites for hydroxylation is 1. The molecule has 4 heterocycles. The number of hydrogen-bond donors (Lipinski definition) is 1. The lowest BCUT2D eigenvalue weighted by atomic mass is 10.2. The van der Waals surface area contributed by atoms with Crippen LogP contribution < -0.4 is 10.5 Å². The Kier molecular flexibility index (Phi) is 4.07. The number of ether oxygens (including phenoxy) is 2. The topological polar surface area (TPSA) is 88.1 Å². The Morgan fingerprint density at radius 1 is 1.32 bits per heavy atom. The van der Waals surface area contributed by atoms with Gasteiger partial charge < -0.3 is 15.2 Å². The summed E-state index contributed by atoms with van der Waals surface area (Å²) in [6.45, 7) is 3.36. The molecule has 25 heavy (non-hydrogen) atoms. The van der Waals surface area contributed by atoms with Crippen LogP contribution in [0.4, 0.5) is 5.82 Å². The number of nitrogens with zero attached hydrogens (tertiary/aromatic N) is 4. The number of hydrogen-bond acceptors (Lipinski definition) is 6. The van der Waals surface area contributed by atoms with Crippen LogP contribution in [0.25, 0.3) is 11.3 Å². The lowest BCUT2D eigenvalue weighted by Gasteiger charge is -2.09. The van der Waals surface area contributed by atoms with Crippen LogP contribution in [0.1, 0.15) is 18.2 Å². The van der Waals surface area contributed by atoms with Crippen molar-refractivity contribution in [1.82, 2.24) is 19.7 Å². The molecule has 0 saturated carbocycles. The van der Waals surface area contributed by atoms with E-state index in [1.165, 1.54) is 0 Å². The minimum Gasteiger partial charge on any atom is -0.455 e. The Bertz CT molecular complexity index is 887. The van der Waals surface area contributed by atoms with Crippen LogP contribution in [0.2, 0.25) is 0 Å². The van der Waals surface area contributed by atoms with Gasteiger partial charge in [-0.25, -0.2) is 4.98 Å². The second kappa shape index (κ2) is 6.52. The third-order valence-electron chi connectivity index (χ3n) is 4.20. The Balaban J connectivity index is 1.57. The van der Waals surface area contributed by atoms with Crippen molar-refractivity contribution in [3.05, 3.63) is 48.5 Å². The van der Waals surface area contributed by atoms with Crippen LogP contribution in [-0.4, -0.2) is 33.0 Å². The predicted octanol–water partition coefficient (Wildman–Crippen LogP) is 2.98. The van der Waals surface area contributed by atoms with Crippen molar-refractivity contribution >= 4 is 5.82 Å². The molecule has 7 nitrogen and oxygen atoms in total. The third-order valence-corrected chi connectivity index (χ3v) is 4.20. The van der Waals surface area contributed by atoms with E-state index in [0.717, 1.165) is 30.0 Å². The van der Waals surface area contributed by atoms with E-state index in [0.29, 0.717) is 30.0 Å². The summed E-state index contributed by atoms with van der Waals surface area (Å²) < 4.78 is 13.3. The Morgan fingerprint density at radius 3 is 3.04 bits per heavy atom. The molecule has 0 aromatic carbocycles.